The first kappa shape index (κ1) is 24.6. The van der Waals surface area contributed by atoms with E-state index in [1.165, 1.54) is 0 Å². The Morgan fingerprint density at radius 1 is 1.18 bits per heavy atom. The molecule has 182 valence electrons. The van der Waals surface area contributed by atoms with Gasteiger partial charge < -0.3 is 14.2 Å². The first-order valence-electron chi connectivity index (χ1n) is 12.2. The van der Waals surface area contributed by atoms with E-state index in [4.69, 9.17) is 14.2 Å². The van der Waals surface area contributed by atoms with Crippen molar-refractivity contribution in [3.05, 3.63) is 71.3 Å². The van der Waals surface area contributed by atoms with Crippen LogP contribution < -0.4 is 0 Å². The Morgan fingerprint density at radius 2 is 1.88 bits per heavy atom. The maximum atomic E-state index is 13.1. The topological polar surface area (TPSA) is 61.8 Å². The van der Waals surface area contributed by atoms with Gasteiger partial charge in [0.05, 0.1) is 12.5 Å². The predicted molar refractivity (Wildman–Crippen MR) is 131 cm³/mol. The fourth-order valence-corrected chi connectivity index (χ4v) is 5.86. The number of methoxy groups -OCH3 is 1. The van der Waals surface area contributed by atoms with Crippen molar-refractivity contribution in [2.45, 2.75) is 65.0 Å². The van der Waals surface area contributed by atoms with Crippen LogP contribution in [0.25, 0.3) is 0 Å². The van der Waals surface area contributed by atoms with Gasteiger partial charge >= 0.3 is 5.97 Å². The molecule has 1 aromatic rings. The zero-order chi connectivity index (χ0) is 24.7. The van der Waals surface area contributed by atoms with Gasteiger partial charge in [0.1, 0.15) is 5.60 Å². The van der Waals surface area contributed by atoms with Gasteiger partial charge in [-0.05, 0) is 74.3 Å². The summed E-state index contributed by atoms with van der Waals surface area (Å²) in [6, 6.07) is 9.53. The molecule has 2 heterocycles. The third-order valence-electron chi connectivity index (χ3n) is 7.73. The molecular formula is C29H36O5. The molecule has 0 spiro atoms. The average Bonchev–Trinajstić information content (AvgIpc) is 3.12. The molecule has 0 unspecified atom stereocenters. The third kappa shape index (κ3) is 4.44. The van der Waals surface area contributed by atoms with Gasteiger partial charge in [0, 0.05) is 13.0 Å². The van der Waals surface area contributed by atoms with Crippen LogP contribution in [0, 0.1) is 23.7 Å². The van der Waals surface area contributed by atoms with Gasteiger partial charge in [-0.3, -0.25) is 9.59 Å². The van der Waals surface area contributed by atoms with Crippen molar-refractivity contribution in [2.24, 2.45) is 23.7 Å². The minimum absolute atomic E-state index is 0.0280. The van der Waals surface area contributed by atoms with Gasteiger partial charge in [0.2, 0.25) is 0 Å². The molecule has 1 aliphatic carbocycles. The van der Waals surface area contributed by atoms with Crippen LogP contribution in [0.1, 0.15) is 46.6 Å². The molecule has 5 heteroatoms. The van der Waals surface area contributed by atoms with E-state index in [1.54, 1.807) is 7.11 Å². The molecule has 5 nitrogen and oxygen atoms in total. The number of allylic oxidation sites excluding steroid dienone is 3. The normalized spacial score (nSPS) is 36.6. The van der Waals surface area contributed by atoms with E-state index in [0.29, 0.717) is 6.42 Å². The van der Waals surface area contributed by atoms with Crippen LogP contribution in [-0.4, -0.2) is 36.4 Å². The smallest absolute Gasteiger partial charge is 0.313 e. The molecule has 2 aliphatic heterocycles. The van der Waals surface area contributed by atoms with Gasteiger partial charge in [0.15, 0.2) is 5.78 Å². The molecule has 6 atom stereocenters. The summed E-state index contributed by atoms with van der Waals surface area (Å²) in [6.07, 6.45) is 8.32. The summed E-state index contributed by atoms with van der Waals surface area (Å²) in [6.45, 7) is 10.1. The number of rotatable bonds is 5. The van der Waals surface area contributed by atoms with E-state index in [9.17, 15) is 9.59 Å². The van der Waals surface area contributed by atoms with Gasteiger partial charge in [-0.1, -0.05) is 55.8 Å². The molecule has 2 bridgehead atoms. The summed E-state index contributed by atoms with van der Waals surface area (Å²) in [5.74, 6) is -1.40. The minimum atomic E-state index is -1.33. The summed E-state index contributed by atoms with van der Waals surface area (Å²) < 4.78 is 18.7. The predicted octanol–water partition coefficient (Wildman–Crippen LogP) is 5.21. The Labute approximate surface area is 202 Å². The Balaban J connectivity index is 1.76. The second-order valence-electron chi connectivity index (χ2n) is 10.5. The molecule has 4 rings (SSSR count). The highest BCUT2D eigenvalue weighted by molar-refractivity contribution is 5.94. The molecule has 1 aromatic carbocycles. The van der Waals surface area contributed by atoms with E-state index in [0.717, 1.165) is 16.7 Å². The van der Waals surface area contributed by atoms with Crippen LogP contribution in [-0.2, 0) is 30.2 Å². The Kier molecular flexibility index (Phi) is 6.71. The quantitative estimate of drug-likeness (QED) is 0.442. The van der Waals surface area contributed by atoms with Crippen molar-refractivity contribution in [1.82, 2.24) is 0 Å². The maximum Gasteiger partial charge on any atom is 0.313 e. The molecule has 0 saturated carbocycles. The first-order chi connectivity index (χ1) is 16.1. The third-order valence-corrected chi connectivity index (χ3v) is 7.73. The fourth-order valence-electron chi connectivity index (χ4n) is 5.86. The van der Waals surface area contributed by atoms with Gasteiger partial charge in [-0.15, -0.1) is 0 Å². The lowest BCUT2D eigenvalue weighted by Crippen LogP contribution is -2.47. The van der Waals surface area contributed by atoms with Crippen molar-refractivity contribution in [3.8, 4) is 0 Å². The lowest BCUT2D eigenvalue weighted by molar-refractivity contribution is -0.230. The number of carbonyl (C=O) groups excluding carboxylic acids is 2. The molecule has 0 fully saturated rings. The van der Waals surface area contributed by atoms with Crippen LogP contribution in [0.15, 0.2) is 65.8 Å². The Hall–Kier alpha value is -2.50. The minimum Gasteiger partial charge on any atom is -0.425 e. The van der Waals surface area contributed by atoms with E-state index in [2.05, 4.69) is 19.9 Å². The van der Waals surface area contributed by atoms with E-state index in [1.807, 2.05) is 69.3 Å². The van der Waals surface area contributed by atoms with Gasteiger partial charge in [-0.25, -0.2) is 0 Å². The number of hydrogen-bond donors (Lipinski definition) is 0. The van der Waals surface area contributed by atoms with E-state index in [-0.39, 0.29) is 47.9 Å². The molecular weight excluding hydrogens is 428 g/mol. The maximum absolute atomic E-state index is 13.1. The van der Waals surface area contributed by atoms with Crippen LogP contribution >= 0.6 is 0 Å². The summed E-state index contributed by atoms with van der Waals surface area (Å²) in [5.41, 5.74) is 1.96. The zero-order valence-electron chi connectivity index (χ0n) is 21.0. The molecule has 0 aromatic heterocycles. The Morgan fingerprint density at radius 3 is 2.53 bits per heavy atom. The molecule has 3 aliphatic rings. The largest absolute Gasteiger partial charge is 0.425 e. The molecule has 0 amide bonds. The monoisotopic (exact) mass is 464 g/mol. The number of ketones is 1. The second-order valence-corrected chi connectivity index (χ2v) is 10.5. The van der Waals surface area contributed by atoms with Crippen molar-refractivity contribution >= 4 is 11.8 Å². The number of esters is 1. The highest BCUT2D eigenvalue weighted by Crippen LogP contribution is 2.49. The van der Waals surface area contributed by atoms with Crippen LogP contribution in [0.4, 0.5) is 0 Å². The van der Waals surface area contributed by atoms with Gasteiger partial charge in [-0.2, -0.15) is 0 Å². The van der Waals surface area contributed by atoms with Gasteiger partial charge in [0.25, 0.3) is 5.79 Å². The van der Waals surface area contributed by atoms with Crippen LogP contribution in [0.3, 0.4) is 0 Å². The summed E-state index contributed by atoms with van der Waals surface area (Å²) >= 11 is 0. The van der Waals surface area contributed by atoms with Crippen molar-refractivity contribution in [1.29, 1.82) is 0 Å². The second kappa shape index (κ2) is 9.27. The first-order valence-corrected chi connectivity index (χ1v) is 12.2. The van der Waals surface area contributed by atoms with E-state index >= 15 is 0 Å². The number of benzene rings is 1. The van der Waals surface area contributed by atoms with E-state index < -0.39 is 11.4 Å². The fraction of sp³-hybridized carbons (Fsp3) is 0.517. The van der Waals surface area contributed by atoms with Crippen molar-refractivity contribution in [2.75, 3.05) is 7.11 Å². The highest BCUT2D eigenvalue weighted by Gasteiger charge is 2.53. The van der Waals surface area contributed by atoms with Crippen molar-refractivity contribution < 1.29 is 23.8 Å². The molecule has 0 N–H and O–H groups in total. The number of fused-ring (bicyclic) bond motifs is 3. The SMILES string of the molecule is CO[C@H]1C[C@H]2C(C)=CC(=O)[C@H](C(C)C)[C@H]2/C=C(/C)[C@@]2(OC(=O)Cc3ccccc3)C=C[C@]1(C)O2. The average molecular weight is 465 g/mol. The number of ether oxygens (including phenoxy) is 3. The summed E-state index contributed by atoms with van der Waals surface area (Å²) in [5, 5.41) is 0. The summed E-state index contributed by atoms with van der Waals surface area (Å²) in [7, 11) is 1.69. The molecule has 0 saturated heterocycles. The standard InChI is InChI=1S/C29H36O5/c1-18(2)27-23-15-20(4)29(33-26(31)16-21-10-8-7-9-11-21)13-12-28(5,34-29)25(32-6)17-22(23)19(3)14-24(27)30/h7-15,18,22-23,25,27H,16-17H2,1-6H3/b20-15-/t22-,23-,25-,27+,28-,29+/m0/s1. The zero-order valence-corrected chi connectivity index (χ0v) is 21.0. The Bertz CT molecular complexity index is 1040. The molecule has 34 heavy (non-hydrogen) atoms. The van der Waals surface area contributed by atoms with Crippen LogP contribution in [0.5, 0.6) is 0 Å². The van der Waals surface area contributed by atoms with Crippen LogP contribution in [0.2, 0.25) is 0 Å². The summed E-state index contributed by atoms with van der Waals surface area (Å²) in [4.78, 5) is 26.1. The number of hydrogen-bond acceptors (Lipinski definition) is 5. The molecule has 0 radical (unpaired) electrons. The lowest BCUT2D eigenvalue weighted by Gasteiger charge is -2.40. The van der Waals surface area contributed by atoms with Crippen molar-refractivity contribution in [3.63, 3.8) is 0 Å². The number of carbonyl (C=O) groups is 2. The highest BCUT2D eigenvalue weighted by atomic mass is 16.7. The lowest BCUT2D eigenvalue weighted by atomic mass is 9.65.